The number of amides is 1. The van der Waals surface area contributed by atoms with Crippen LogP contribution in [0.15, 0.2) is 65.8 Å². The molecule has 0 saturated heterocycles. The van der Waals surface area contributed by atoms with Gasteiger partial charge in [-0.25, -0.2) is 4.98 Å². The van der Waals surface area contributed by atoms with E-state index in [0.717, 1.165) is 16.4 Å². The third-order valence-corrected chi connectivity index (χ3v) is 7.42. The number of nitrogens with one attached hydrogen (secondary N) is 1. The summed E-state index contributed by atoms with van der Waals surface area (Å²) in [5.74, 6) is 0.612. The number of hydrogen-bond donors (Lipinski definition) is 2. The van der Waals surface area contributed by atoms with E-state index in [2.05, 4.69) is 45.6 Å². The molecule has 1 amide bonds. The number of carbonyl (C=O) groups is 1. The van der Waals surface area contributed by atoms with Gasteiger partial charge in [0.1, 0.15) is 0 Å². The summed E-state index contributed by atoms with van der Waals surface area (Å²) in [5, 5.41) is 12.9. The summed E-state index contributed by atoms with van der Waals surface area (Å²) in [6.07, 6.45) is 8.70. The van der Waals surface area contributed by atoms with Crippen molar-refractivity contribution in [2.45, 2.75) is 60.7 Å². The van der Waals surface area contributed by atoms with E-state index in [1.54, 1.807) is 0 Å². The molecule has 2 aliphatic rings. The summed E-state index contributed by atoms with van der Waals surface area (Å²) >= 11 is 2.00. The van der Waals surface area contributed by atoms with Crippen molar-refractivity contribution in [1.29, 1.82) is 0 Å². The van der Waals surface area contributed by atoms with Gasteiger partial charge in [-0.2, -0.15) is 0 Å². The highest BCUT2D eigenvalue weighted by Crippen LogP contribution is 2.48. The molecule has 5 rings (SSSR count). The maximum atomic E-state index is 13.4. The first-order chi connectivity index (χ1) is 15.7. The highest BCUT2D eigenvalue weighted by atomic mass is 32.2. The summed E-state index contributed by atoms with van der Waals surface area (Å²) in [4.78, 5) is 23.2. The molecule has 5 nitrogen and oxygen atoms in total. The number of aliphatic hydroxyl groups excluding tert-OH is 1. The number of rotatable bonds is 9. The summed E-state index contributed by atoms with van der Waals surface area (Å²) in [6, 6.07) is 16.8. The minimum atomic E-state index is -0.325. The molecule has 164 valence electrons. The summed E-state index contributed by atoms with van der Waals surface area (Å²) in [7, 11) is 0. The Bertz CT molecular complexity index is 1080. The molecule has 0 spiro atoms. The lowest BCUT2D eigenvalue weighted by molar-refractivity contribution is -0.117. The molecular formula is C26H27N3O2S. The monoisotopic (exact) mass is 445 g/mol. The minimum absolute atomic E-state index is 0.0933. The lowest BCUT2D eigenvalue weighted by atomic mass is 9.89. The first kappa shape index (κ1) is 21.2. The van der Waals surface area contributed by atoms with Crippen molar-refractivity contribution < 1.29 is 9.90 Å². The predicted octanol–water partition coefficient (Wildman–Crippen LogP) is 5.07. The molecule has 2 aliphatic carbocycles. The zero-order valence-corrected chi connectivity index (χ0v) is 18.7. The van der Waals surface area contributed by atoms with Gasteiger partial charge in [0, 0.05) is 10.1 Å². The minimum Gasteiger partial charge on any atom is -0.390 e. The maximum absolute atomic E-state index is 13.4. The van der Waals surface area contributed by atoms with Crippen molar-refractivity contribution in [1.82, 2.24) is 9.97 Å². The number of nitrogens with zero attached hydrogens (tertiary/aromatic N) is 2. The van der Waals surface area contributed by atoms with E-state index >= 15 is 0 Å². The van der Waals surface area contributed by atoms with Gasteiger partial charge in [0.2, 0.25) is 5.91 Å². The molecule has 0 bridgehead atoms. The van der Waals surface area contributed by atoms with E-state index in [4.69, 9.17) is 0 Å². The van der Waals surface area contributed by atoms with Gasteiger partial charge in [0.25, 0.3) is 0 Å². The van der Waals surface area contributed by atoms with Gasteiger partial charge >= 0.3 is 0 Å². The molecule has 6 heteroatoms. The molecule has 1 atom stereocenters. The Morgan fingerprint density at radius 2 is 1.88 bits per heavy atom. The second kappa shape index (κ2) is 9.43. The largest absolute Gasteiger partial charge is 0.390 e. The van der Waals surface area contributed by atoms with Gasteiger partial charge < -0.3 is 10.4 Å². The van der Waals surface area contributed by atoms with E-state index in [1.807, 2.05) is 30.0 Å². The van der Waals surface area contributed by atoms with Gasteiger partial charge in [-0.1, -0.05) is 42.5 Å². The van der Waals surface area contributed by atoms with Crippen molar-refractivity contribution in [3.8, 4) is 0 Å². The molecular weight excluding hydrogens is 418 g/mol. The Morgan fingerprint density at radius 3 is 2.53 bits per heavy atom. The van der Waals surface area contributed by atoms with Crippen LogP contribution < -0.4 is 5.32 Å². The van der Waals surface area contributed by atoms with Gasteiger partial charge in [-0.05, 0) is 60.8 Å². The molecule has 1 unspecified atom stereocenters. The molecule has 2 saturated carbocycles. The summed E-state index contributed by atoms with van der Waals surface area (Å²) in [5.41, 5.74) is 4.06. The average molecular weight is 446 g/mol. The van der Waals surface area contributed by atoms with E-state index in [0.29, 0.717) is 23.9 Å². The summed E-state index contributed by atoms with van der Waals surface area (Å²) < 4.78 is 0. The van der Waals surface area contributed by atoms with E-state index in [9.17, 15) is 9.90 Å². The second-order valence-corrected chi connectivity index (χ2v) is 10.0. The maximum Gasteiger partial charge on any atom is 0.233 e. The van der Waals surface area contributed by atoms with Crippen LogP contribution in [0.5, 0.6) is 0 Å². The van der Waals surface area contributed by atoms with Crippen LogP contribution in [0.25, 0.3) is 0 Å². The van der Waals surface area contributed by atoms with E-state index in [-0.39, 0.29) is 18.4 Å². The Labute approximate surface area is 192 Å². The number of anilines is 1. The number of thioether (sulfide) groups is 1. The number of benzene rings is 2. The number of hydrogen-bond acceptors (Lipinski definition) is 5. The van der Waals surface area contributed by atoms with Crippen LogP contribution in [0.1, 0.15) is 59.9 Å². The van der Waals surface area contributed by atoms with Crippen LogP contribution in [0.4, 0.5) is 5.82 Å². The fourth-order valence-electron chi connectivity index (χ4n) is 3.90. The van der Waals surface area contributed by atoms with Crippen molar-refractivity contribution in [3.05, 3.63) is 83.3 Å². The Balaban J connectivity index is 1.43. The van der Waals surface area contributed by atoms with Crippen molar-refractivity contribution in [2.75, 3.05) is 5.32 Å². The first-order valence-corrected chi connectivity index (χ1v) is 12.1. The van der Waals surface area contributed by atoms with Crippen LogP contribution in [-0.2, 0) is 17.8 Å². The fraction of sp³-hybridized carbons (Fsp3) is 0.346. The third-order valence-electron chi connectivity index (χ3n) is 5.99. The Hall–Kier alpha value is -2.70. The molecule has 2 aromatic carbocycles. The van der Waals surface area contributed by atoms with Gasteiger partial charge in [0.15, 0.2) is 5.82 Å². The van der Waals surface area contributed by atoms with Crippen LogP contribution in [0, 0.1) is 0 Å². The zero-order chi connectivity index (χ0) is 21.9. The predicted molar refractivity (Wildman–Crippen MR) is 127 cm³/mol. The van der Waals surface area contributed by atoms with Crippen molar-refractivity contribution >= 4 is 23.5 Å². The van der Waals surface area contributed by atoms with E-state index in [1.165, 1.54) is 48.5 Å². The van der Waals surface area contributed by atoms with Crippen LogP contribution in [0.3, 0.4) is 0 Å². The average Bonchev–Trinajstić information content (AvgIpc) is 3.74. The van der Waals surface area contributed by atoms with Crippen LogP contribution in [0.2, 0.25) is 0 Å². The highest BCUT2D eigenvalue weighted by Gasteiger charge is 2.31. The molecule has 32 heavy (non-hydrogen) atoms. The van der Waals surface area contributed by atoms with Crippen molar-refractivity contribution in [2.24, 2.45) is 0 Å². The van der Waals surface area contributed by atoms with Crippen LogP contribution in [-0.4, -0.2) is 26.2 Å². The number of aromatic nitrogens is 2. The molecule has 0 aliphatic heterocycles. The fourth-order valence-corrected chi connectivity index (χ4v) is 5.14. The molecule has 0 radical (unpaired) electrons. The van der Waals surface area contributed by atoms with Gasteiger partial charge in [0.05, 0.1) is 30.6 Å². The molecule has 2 fully saturated rings. The zero-order valence-electron chi connectivity index (χ0n) is 17.9. The SMILES string of the molecule is O=C(Nc1cnc(CO)cn1)C(Cc1ccccc1)c1ccc(SC2CC2)c(C2CC2)c1. The second-order valence-electron chi connectivity index (χ2n) is 8.67. The van der Waals surface area contributed by atoms with Gasteiger partial charge in [-0.3, -0.25) is 9.78 Å². The number of carbonyl (C=O) groups excluding carboxylic acids is 1. The Morgan fingerprint density at radius 1 is 1.06 bits per heavy atom. The molecule has 3 aromatic rings. The normalized spacial score (nSPS) is 16.5. The lowest BCUT2D eigenvalue weighted by Gasteiger charge is -2.19. The van der Waals surface area contributed by atoms with E-state index < -0.39 is 0 Å². The molecule has 1 heterocycles. The molecule has 1 aromatic heterocycles. The topological polar surface area (TPSA) is 75.1 Å². The molecule has 2 N–H and O–H groups in total. The standard InChI is InChI=1S/C26H27N3O2S/c30-16-20-14-28-25(15-27-20)29-26(31)23(12-17-4-2-1-3-5-17)19-8-11-24(32-21-9-10-21)22(13-19)18-6-7-18/h1-5,8,11,13-15,18,21,23,30H,6-7,9-10,12,16H2,(H,28,29,31). The highest BCUT2D eigenvalue weighted by molar-refractivity contribution is 8.00. The quantitative estimate of drug-likeness (QED) is 0.481. The summed E-state index contributed by atoms with van der Waals surface area (Å²) in [6.45, 7) is -0.174. The van der Waals surface area contributed by atoms with Crippen LogP contribution >= 0.6 is 11.8 Å². The lowest BCUT2D eigenvalue weighted by Crippen LogP contribution is -2.24. The van der Waals surface area contributed by atoms with Crippen molar-refractivity contribution in [3.63, 3.8) is 0 Å². The number of aliphatic hydroxyl groups is 1. The first-order valence-electron chi connectivity index (χ1n) is 11.3. The smallest absolute Gasteiger partial charge is 0.233 e. The van der Waals surface area contributed by atoms with Gasteiger partial charge in [-0.15, -0.1) is 11.8 Å². The Kier molecular flexibility index (Phi) is 6.23. The third kappa shape index (κ3) is 5.19.